The summed E-state index contributed by atoms with van der Waals surface area (Å²) in [6.07, 6.45) is -0.0583. The zero-order chi connectivity index (χ0) is 17.0. The molecule has 0 fully saturated rings. The summed E-state index contributed by atoms with van der Waals surface area (Å²) in [5, 5.41) is 11.3. The van der Waals surface area contributed by atoms with E-state index in [0.717, 1.165) is 11.1 Å². The highest BCUT2D eigenvalue weighted by Gasteiger charge is 2.27. The second kappa shape index (κ2) is 8.13. The lowest BCUT2D eigenvalue weighted by molar-refractivity contribution is 0.0987. The van der Waals surface area contributed by atoms with Crippen LogP contribution in [0.3, 0.4) is 0 Å². The van der Waals surface area contributed by atoms with Gasteiger partial charge in [0.1, 0.15) is 0 Å². The van der Waals surface area contributed by atoms with E-state index in [-0.39, 0.29) is 18.0 Å². The molecule has 2 aromatic carbocycles. The number of rotatable bonds is 6. The number of hydrogen-bond acceptors (Lipinski definition) is 3. The highest BCUT2D eigenvalue weighted by atomic mass is 35.5. The van der Waals surface area contributed by atoms with Gasteiger partial charge in [0, 0.05) is 28.0 Å². The van der Waals surface area contributed by atoms with Gasteiger partial charge >= 0.3 is 0 Å². The lowest BCUT2D eigenvalue weighted by Gasteiger charge is -2.29. The fraction of sp³-hybridized carbons (Fsp3) is 0.333. The molecule has 2 unspecified atom stereocenters. The Morgan fingerprint density at radius 3 is 2.26 bits per heavy atom. The number of benzene rings is 2. The molecule has 2 aromatic rings. The third kappa shape index (κ3) is 4.69. The van der Waals surface area contributed by atoms with Gasteiger partial charge in [0.2, 0.25) is 0 Å². The molecule has 0 aromatic heterocycles. The molecular weight excluding hydrogens is 331 g/mol. The predicted molar refractivity (Wildman–Crippen MR) is 96.5 cm³/mol. The summed E-state index contributed by atoms with van der Waals surface area (Å²) in [4.78, 5) is 0. The van der Waals surface area contributed by atoms with E-state index in [1.54, 1.807) is 19.1 Å². The van der Waals surface area contributed by atoms with E-state index in [0.29, 0.717) is 16.5 Å². The molecule has 0 heterocycles. The molecule has 0 aliphatic carbocycles. The van der Waals surface area contributed by atoms with Crippen LogP contribution in [0.2, 0.25) is 10.0 Å². The van der Waals surface area contributed by atoms with Crippen molar-refractivity contribution in [3.63, 3.8) is 0 Å². The molecule has 0 radical (unpaired) electrons. The van der Waals surface area contributed by atoms with Crippen LogP contribution in [-0.4, -0.2) is 11.2 Å². The van der Waals surface area contributed by atoms with Crippen molar-refractivity contribution in [3.8, 4) is 0 Å². The average molecular weight is 353 g/mol. The summed E-state index contributed by atoms with van der Waals surface area (Å²) in [6.45, 7) is 1.74. The van der Waals surface area contributed by atoms with E-state index in [1.807, 2.05) is 36.4 Å². The molecule has 0 aliphatic heterocycles. The summed E-state index contributed by atoms with van der Waals surface area (Å²) in [5.41, 5.74) is 14.5. The molecule has 2 rings (SSSR count). The van der Waals surface area contributed by atoms with Crippen molar-refractivity contribution >= 4 is 23.2 Å². The molecule has 124 valence electrons. The van der Waals surface area contributed by atoms with Crippen LogP contribution in [0.25, 0.3) is 0 Å². The van der Waals surface area contributed by atoms with Gasteiger partial charge in [0.15, 0.2) is 0 Å². The first kappa shape index (κ1) is 18.2. The van der Waals surface area contributed by atoms with E-state index in [2.05, 4.69) is 0 Å². The van der Waals surface area contributed by atoms with Crippen LogP contribution in [0.15, 0.2) is 48.5 Å². The van der Waals surface area contributed by atoms with Crippen molar-refractivity contribution in [1.29, 1.82) is 0 Å². The topological polar surface area (TPSA) is 72.3 Å². The van der Waals surface area contributed by atoms with Gasteiger partial charge in [-0.2, -0.15) is 0 Å². The normalized spacial score (nSPS) is 16.6. The van der Waals surface area contributed by atoms with Crippen molar-refractivity contribution in [2.45, 2.75) is 31.5 Å². The zero-order valence-corrected chi connectivity index (χ0v) is 14.5. The monoisotopic (exact) mass is 352 g/mol. The highest BCUT2D eigenvalue weighted by Crippen LogP contribution is 2.33. The lowest BCUT2D eigenvalue weighted by atomic mass is 9.83. The molecule has 0 saturated carbocycles. The maximum absolute atomic E-state index is 10.2. The average Bonchev–Trinajstić information content (AvgIpc) is 2.52. The smallest absolute Gasteiger partial charge is 0.0559 e. The Bertz CT molecular complexity index is 634. The summed E-state index contributed by atoms with van der Waals surface area (Å²) in [7, 11) is 0. The number of nitrogens with two attached hydrogens (primary N) is 2. The second-order valence-corrected chi connectivity index (χ2v) is 6.69. The van der Waals surface area contributed by atoms with Crippen LogP contribution in [-0.2, 0) is 0 Å². The largest absolute Gasteiger partial charge is 0.393 e. The molecule has 3 nitrogen and oxygen atoms in total. The predicted octanol–water partition coefficient (Wildman–Crippen LogP) is 4.08. The fourth-order valence-corrected chi connectivity index (χ4v) is 3.34. The van der Waals surface area contributed by atoms with E-state index in [1.165, 1.54) is 0 Å². The van der Waals surface area contributed by atoms with E-state index >= 15 is 0 Å². The molecule has 0 bridgehead atoms. The molecule has 5 N–H and O–H groups in total. The maximum atomic E-state index is 10.2. The molecule has 5 heteroatoms. The summed E-state index contributed by atoms with van der Waals surface area (Å²) >= 11 is 12.1. The van der Waals surface area contributed by atoms with Crippen LogP contribution in [0.5, 0.6) is 0 Å². The Morgan fingerprint density at radius 1 is 1.04 bits per heavy atom. The van der Waals surface area contributed by atoms with Gasteiger partial charge in [0.25, 0.3) is 0 Å². The van der Waals surface area contributed by atoms with Gasteiger partial charge in [-0.25, -0.2) is 0 Å². The van der Waals surface area contributed by atoms with Crippen molar-refractivity contribution in [3.05, 3.63) is 69.7 Å². The minimum atomic E-state index is -0.581. The highest BCUT2D eigenvalue weighted by molar-refractivity contribution is 6.35. The Kier molecular flexibility index (Phi) is 6.45. The minimum Gasteiger partial charge on any atom is -0.393 e. The standard InChI is InChI=1S/C18H22Cl2N2O/c1-11(23)15(18(22)12-5-3-2-4-6-12)10-17(21)14-8-7-13(19)9-16(14)20/h2-9,11,15,17-18,23H,10,21-22H2,1H3/t11-,15-,17?,18?/m1/s1. The molecular formula is C18H22Cl2N2O. The molecule has 0 saturated heterocycles. The maximum Gasteiger partial charge on any atom is 0.0559 e. The molecule has 0 aliphatic rings. The molecule has 23 heavy (non-hydrogen) atoms. The molecule has 4 atom stereocenters. The Balaban J connectivity index is 2.19. The van der Waals surface area contributed by atoms with Gasteiger partial charge < -0.3 is 16.6 Å². The summed E-state index contributed by atoms with van der Waals surface area (Å²) in [5.74, 6) is -0.181. The van der Waals surface area contributed by atoms with Crippen LogP contribution < -0.4 is 11.5 Å². The van der Waals surface area contributed by atoms with Gasteiger partial charge in [0.05, 0.1) is 6.10 Å². The Labute approximate surface area is 147 Å². The Hall–Kier alpha value is -1.10. The van der Waals surface area contributed by atoms with Crippen LogP contribution >= 0.6 is 23.2 Å². The Morgan fingerprint density at radius 2 is 1.70 bits per heavy atom. The number of aliphatic hydroxyl groups excluding tert-OH is 1. The van der Waals surface area contributed by atoms with E-state index in [9.17, 15) is 5.11 Å². The van der Waals surface area contributed by atoms with Crippen LogP contribution in [0.1, 0.15) is 36.6 Å². The quantitative estimate of drug-likeness (QED) is 0.733. The molecule has 0 spiro atoms. The second-order valence-electron chi connectivity index (χ2n) is 5.85. The van der Waals surface area contributed by atoms with E-state index in [4.69, 9.17) is 34.7 Å². The van der Waals surface area contributed by atoms with Crippen molar-refractivity contribution in [2.75, 3.05) is 0 Å². The fourth-order valence-electron chi connectivity index (χ4n) is 2.79. The van der Waals surface area contributed by atoms with Crippen LogP contribution in [0.4, 0.5) is 0 Å². The first-order valence-electron chi connectivity index (χ1n) is 7.59. The van der Waals surface area contributed by atoms with Crippen molar-refractivity contribution in [1.82, 2.24) is 0 Å². The molecule has 0 amide bonds. The van der Waals surface area contributed by atoms with Gasteiger partial charge in [-0.3, -0.25) is 0 Å². The number of hydrogen-bond donors (Lipinski definition) is 3. The number of halogens is 2. The zero-order valence-electron chi connectivity index (χ0n) is 13.0. The third-order valence-electron chi connectivity index (χ3n) is 4.15. The first-order chi connectivity index (χ1) is 10.9. The third-order valence-corrected chi connectivity index (χ3v) is 4.72. The number of aliphatic hydroxyl groups is 1. The minimum absolute atomic E-state index is 0.181. The van der Waals surface area contributed by atoms with Gasteiger partial charge in [-0.05, 0) is 36.6 Å². The van der Waals surface area contributed by atoms with Crippen molar-refractivity contribution in [2.24, 2.45) is 17.4 Å². The van der Waals surface area contributed by atoms with Crippen molar-refractivity contribution < 1.29 is 5.11 Å². The van der Waals surface area contributed by atoms with Gasteiger partial charge in [-0.15, -0.1) is 0 Å². The summed E-state index contributed by atoms with van der Waals surface area (Å²) < 4.78 is 0. The first-order valence-corrected chi connectivity index (χ1v) is 8.35. The summed E-state index contributed by atoms with van der Waals surface area (Å²) in [6, 6.07) is 14.4. The van der Waals surface area contributed by atoms with E-state index < -0.39 is 6.10 Å². The van der Waals surface area contributed by atoms with Crippen LogP contribution in [0, 0.1) is 5.92 Å². The SMILES string of the molecule is C[C@@H](O)[C@@H](CC(N)c1ccc(Cl)cc1Cl)C(N)c1ccccc1. The van der Waals surface area contributed by atoms with Gasteiger partial charge in [-0.1, -0.05) is 59.6 Å². The lowest BCUT2D eigenvalue weighted by Crippen LogP contribution is -2.33.